The van der Waals surface area contributed by atoms with Crippen LogP contribution in [0.15, 0.2) is 24.4 Å². The van der Waals surface area contributed by atoms with E-state index in [1.165, 1.54) is 0 Å². The highest BCUT2D eigenvalue weighted by Gasteiger charge is 2.11. The maximum absolute atomic E-state index is 10.7. The molecular formula is C10H16N4O. The average Bonchev–Trinajstić information content (AvgIpc) is 2.26. The Morgan fingerprint density at radius 3 is 2.87 bits per heavy atom. The van der Waals surface area contributed by atoms with Crippen molar-refractivity contribution in [3.8, 4) is 0 Å². The van der Waals surface area contributed by atoms with Crippen LogP contribution < -0.4 is 16.8 Å². The summed E-state index contributed by atoms with van der Waals surface area (Å²) in [6, 6.07) is 5.07. The van der Waals surface area contributed by atoms with Gasteiger partial charge >= 0.3 is 0 Å². The Bertz CT molecular complexity index is 314. The monoisotopic (exact) mass is 208 g/mol. The molecule has 1 amide bonds. The molecule has 1 rings (SSSR count). The van der Waals surface area contributed by atoms with Crippen LogP contribution in [0.3, 0.4) is 0 Å². The summed E-state index contributed by atoms with van der Waals surface area (Å²) in [4.78, 5) is 14.9. The number of pyridine rings is 1. The first-order valence-electron chi connectivity index (χ1n) is 4.80. The van der Waals surface area contributed by atoms with E-state index in [1.807, 2.05) is 25.1 Å². The third-order valence-corrected chi connectivity index (χ3v) is 2.14. The Labute approximate surface area is 88.9 Å². The van der Waals surface area contributed by atoms with E-state index < -0.39 is 11.9 Å². The van der Waals surface area contributed by atoms with Crippen molar-refractivity contribution in [1.29, 1.82) is 0 Å². The Hall–Kier alpha value is -1.46. The lowest BCUT2D eigenvalue weighted by Crippen LogP contribution is -2.44. The van der Waals surface area contributed by atoms with Gasteiger partial charge in [0.05, 0.1) is 11.7 Å². The third-order valence-electron chi connectivity index (χ3n) is 2.14. The molecule has 0 aliphatic carbocycles. The van der Waals surface area contributed by atoms with Gasteiger partial charge in [0.15, 0.2) is 0 Å². The number of carbonyl (C=O) groups excluding carboxylic acids is 1. The molecule has 5 N–H and O–H groups in total. The Morgan fingerprint density at radius 2 is 2.33 bits per heavy atom. The Balaban J connectivity index is 2.43. The molecule has 0 fully saturated rings. The van der Waals surface area contributed by atoms with Crippen LogP contribution in [0.5, 0.6) is 0 Å². The number of hydrogen-bond acceptors (Lipinski definition) is 4. The molecule has 0 aromatic carbocycles. The molecule has 5 heteroatoms. The van der Waals surface area contributed by atoms with Crippen LogP contribution in [0.25, 0.3) is 0 Å². The first kappa shape index (κ1) is 11.6. The largest absolute Gasteiger partial charge is 0.368 e. The zero-order valence-electron chi connectivity index (χ0n) is 8.68. The summed E-state index contributed by atoms with van der Waals surface area (Å²) in [5.74, 6) is -0.504. The molecule has 1 aromatic rings. The summed E-state index contributed by atoms with van der Waals surface area (Å²) < 4.78 is 0. The summed E-state index contributed by atoms with van der Waals surface area (Å²) in [7, 11) is 0. The second-order valence-electron chi connectivity index (χ2n) is 3.39. The number of primary amides is 1. The summed E-state index contributed by atoms with van der Waals surface area (Å²) in [6.07, 6.45) is 1.72. The number of nitrogens with two attached hydrogens (primary N) is 2. The van der Waals surface area contributed by atoms with E-state index in [2.05, 4.69) is 10.3 Å². The van der Waals surface area contributed by atoms with Crippen molar-refractivity contribution >= 4 is 5.91 Å². The normalized spacial score (nSPS) is 14.5. The molecule has 0 bridgehead atoms. The van der Waals surface area contributed by atoms with Gasteiger partial charge in [0.1, 0.15) is 0 Å². The van der Waals surface area contributed by atoms with Crippen molar-refractivity contribution in [2.45, 2.75) is 19.0 Å². The summed E-state index contributed by atoms with van der Waals surface area (Å²) in [6.45, 7) is 2.31. The molecule has 2 atom stereocenters. The molecule has 1 heterocycles. The number of carbonyl (C=O) groups is 1. The molecule has 0 saturated heterocycles. The summed E-state index contributed by atoms with van der Waals surface area (Å²) >= 11 is 0. The average molecular weight is 208 g/mol. The lowest BCUT2D eigenvalue weighted by atomic mass is 10.2. The van der Waals surface area contributed by atoms with E-state index in [4.69, 9.17) is 11.5 Å². The van der Waals surface area contributed by atoms with Crippen LogP contribution >= 0.6 is 0 Å². The smallest absolute Gasteiger partial charge is 0.235 e. The van der Waals surface area contributed by atoms with Gasteiger partial charge in [-0.1, -0.05) is 6.07 Å². The lowest BCUT2D eigenvalue weighted by molar-refractivity contribution is -0.119. The van der Waals surface area contributed by atoms with Gasteiger partial charge in [-0.05, 0) is 19.1 Å². The minimum atomic E-state index is -0.656. The van der Waals surface area contributed by atoms with Crippen molar-refractivity contribution < 1.29 is 4.79 Å². The zero-order chi connectivity index (χ0) is 11.3. The van der Waals surface area contributed by atoms with Crippen molar-refractivity contribution in [3.05, 3.63) is 30.1 Å². The number of aromatic nitrogens is 1. The van der Waals surface area contributed by atoms with Gasteiger partial charge < -0.3 is 16.8 Å². The minimum Gasteiger partial charge on any atom is -0.368 e. The van der Waals surface area contributed by atoms with Crippen molar-refractivity contribution in [2.75, 3.05) is 6.54 Å². The van der Waals surface area contributed by atoms with E-state index in [0.29, 0.717) is 6.54 Å². The van der Waals surface area contributed by atoms with E-state index in [-0.39, 0.29) is 6.04 Å². The van der Waals surface area contributed by atoms with Crippen LogP contribution in [0, 0.1) is 0 Å². The maximum Gasteiger partial charge on any atom is 0.235 e. The second kappa shape index (κ2) is 5.43. The second-order valence-corrected chi connectivity index (χ2v) is 3.39. The molecule has 0 saturated carbocycles. The number of hydrogen-bond donors (Lipinski definition) is 3. The fourth-order valence-electron chi connectivity index (χ4n) is 1.14. The van der Waals surface area contributed by atoms with Gasteiger partial charge in [-0.25, -0.2) is 0 Å². The van der Waals surface area contributed by atoms with Gasteiger partial charge in [0.2, 0.25) is 5.91 Å². The number of rotatable bonds is 5. The predicted octanol–water partition coefficient (Wildman–Crippen LogP) is -0.455. The van der Waals surface area contributed by atoms with Gasteiger partial charge in [0, 0.05) is 18.8 Å². The standard InChI is InChI=1S/C10H16N4O/c1-7(9-4-2-3-5-13-9)14-6-8(11)10(12)15/h2-5,7-8,14H,6,11H2,1H3,(H2,12,15)/t7-,8?/m1/s1. The van der Waals surface area contributed by atoms with E-state index in [0.717, 1.165) is 5.69 Å². The maximum atomic E-state index is 10.7. The fraction of sp³-hybridized carbons (Fsp3) is 0.400. The van der Waals surface area contributed by atoms with E-state index in [1.54, 1.807) is 6.20 Å². The first-order chi connectivity index (χ1) is 7.11. The highest BCUT2D eigenvalue weighted by molar-refractivity contribution is 5.79. The topological polar surface area (TPSA) is 94.0 Å². The van der Waals surface area contributed by atoms with E-state index >= 15 is 0 Å². The van der Waals surface area contributed by atoms with Gasteiger partial charge in [-0.2, -0.15) is 0 Å². The molecule has 1 aromatic heterocycles. The van der Waals surface area contributed by atoms with Gasteiger partial charge in [0.25, 0.3) is 0 Å². The molecule has 1 unspecified atom stereocenters. The molecule has 15 heavy (non-hydrogen) atoms. The highest BCUT2D eigenvalue weighted by atomic mass is 16.1. The van der Waals surface area contributed by atoms with E-state index in [9.17, 15) is 4.79 Å². The summed E-state index contributed by atoms with van der Waals surface area (Å²) in [5.41, 5.74) is 11.4. The number of nitrogens with one attached hydrogen (secondary N) is 1. The third kappa shape index (κ3) is 3.65. The van der Waals surface area contributed by atoms with Crippen LogP contribution in [0.1, 0.15) is 18.7 Å². The lowest BCUT2D eigenvalue weighted by Gasteiger charge is -2.15. The molecular weight excluding hydrogens is 192 g/mol. The van der Waals surface area contributed by atoms with Crippen LogP contribution in [0.4, 0.5) is 0 Å². The Kier molecular flexibility index (Phi) is 4.20. The molecule has 5 nitrogen and oxygen atoms in total. The number of amides is 1. The fourth-order valence-corrected chi connectivity index (χ4v) is 1.14. The first-order valence-corrected chi connectivity index (χ1v) is 4.80. The highest BCUT2D eigenvalue weighted by Crippen LogP contribution is 2.06. The van der Waals surface area contributed by atoms with Crippen LogP contribution in [-0.4, -0.2) is 23.5 Å². The van der Waals surface area contributed by atoms with Gasteiger partial charge in [-0.15, -0.1) is 0 Å². The zero-order valence-corrected chi connectivity index (χ0v) is 8.68. The molecule has 82 valence electrons. The van der Waals surface area contributed by atoms with Crippen LogP contribution in [0.2, 0.25) is 0 Å². The quantitative estimate of drug-likeness (QED) is 0.610. The molecule has 0 radical (unpaired) electrons. The minimum absolute atomic E-state index is 0.0524. The van der Waals surface area contributed by atoms with Gasteiger partial charge in [-0.3, -0.25) is 9.78 Å². The summed E-state index contributed by atoms with van der Waals surface area (Å²) in [5, 5.41) is 3.09. The van der Waals surface area contributed by atoms with Crippen LogP contribution in [-0.2, 0) is 4.79 Å². The molecule has 0 spiro atoms. The number of nitrogens with zero attached hydrogens (tertiary/aromatic N) is 1. The van der Waals surface area contributed by atoms with Crippen molar-refractivity contribution in [3.63, 3.8) is 0 Å². The van der Waals surface area contributed by atoms with Crippen molar-refractivity contribution in [1.82, 2.24) is 10.3 Å². The SMILES string of the molecule is C[C@@H](NCC(N)C(N)=O)c1ccccn1. The molecule has 0 aliphatic rings. The molecule has 0 aliphatic heterocycles. The van der Waals surface area contributed by atoms with Crippen molar-refractivity contribution in [2.24, 2.45) is 11.5 Å². The predicted molar refractivity (Wildman–Crippen MR) is 57.8 cm³/mol. The Morgan fingerprint density at radius 1 is 1.60 bits per heavy atom.